The molecular weight excluding hydrogens is 210 g/mol. The molecule has 1 unspecified atom stereocenters. The third-order valence-corrected chi connectivity index (χ3v) is 2.15. The molecule has 1 atom stereocenters. The molecule has 0 aromatic heterocycles. The maximum atomic E-state index is 11.6. The van der Waals surface area contributed by atoms with E-state index >= 15 is 0 Å². The van der Waals surface area contributed by atoms with E-state index in [2.05, 4.69) is 0 Å². The van der Waals surface area contributed by atoms with Gasteiger partial charge in [0.25, 0.3) is 0 Å². The van der Waals surface area contributed by atoms with Crippen molar-refractivity contribution in [3.8, 4) is 0 Å². The van der Waals surface area contributed by atoms with Crippen LogP contribution in [0.2, 0.25) is 0 Å². The van der Waals surface area contributed by atoms with Crippen LogP contribution in [0.25, 0.3) is 0 Å². The molecule has 0 aliphatic heterocycles. The fraction of sp³-hybridized carbons (Fsp3) is 0.909. The van der Waals surface area contributed by atoms with Crippen molar-refractivity contribution in [2.75, 3.05) is 40.5 Å². The zero-order valence-electron chi connectivity index (χ0n) is 10.4. The van der Waals surface area contributed by atoms with Crippen molar-refractivity contribution >= 4 is 5.91 Å². The van der Waals surface area contributed by atoms with Gasteiger partial charge < -0.3 is 19.5 Å². The van der Waals surface area contributed by atoms with Gasteiger partial charge in [-0.05, 0) is 13.3 Å². The molecule has 0 radical (unpaired) electrons. The van der Waals surface area contributed by atoms with E-state index in [1.54, 1.807) is 7.05 Å². The van der Waals surface area contributed by atoms with Crippen LogP contribution in [-0.2, 0) is 14.3 Å². The Hall–Kier alpha value is -0.650. The lowest BCUT2D eigenvalue weighted by atomic mass is 10.2. The van der Waals surface area contributed by atoms with E-state index in [0.717, 1.165) is 6.42 Å². The van der Waals surface area contributed by atoms with E-state index in [1.807, 2.05) is 6.92 Å². The largest absolute Gasteiger partial charge is 0.389 e. The molecule has 0 bridgehead atoms. The van der Waals surface area contributed by atoms with Gasteiger partial charge in [-0.15, -0.1) is 0 Å². The molecule has 0 heterocycles. The van der Waals surface area contributed by atoms with Crippen molar-refractivity contribution in [2.45, 2.75) is 25.9 Å². The summed E-state index contributed by atoms with van der Waals surface area (Å²) < 4.78 is 9.93. The quantitative estimate of drug-likeness (QED) is 0.581. The normalized spacial score (nSPS) is 12.5. The number of aliphatic hydroxyl groups is 1. The number of methoxy groups -OCH3 is 1. The Labute approximate surface area is 97.3 Å². The molecule has 1 N–H and O–H groups in total. The molecule has 0 aliphatic rings. The number of nitrogens with zero attached hydrogens (tertiary/aromatic N) is 1. The summed E-state index contributed by atoms with van der Waals surface area (Å²) in [5, 5.41) is 9.43. The summed E-state index contributed by atoms with van der Waals surface area (Å²) in [7, 11) is 3.20. The van der Waals surface area contributed by atoms with Gasteiger partial charge >= 0.3 is 0 Å². The summed E-state index contributed by atoms with van der Waals surface area (Å²) in [4.78, 5) is 13.1. The van der Waals surface area contributed by atoms with Crippen LogP contribution in [0.4, 0.5) is 0 Å². The number of carbonyl (C=O) groups is 1. The molecule has 0 fully saturated rings. The molecule has 5 heteroatoms. The summed E-state index contributed by atoms with van der Waals surface area (Å²) in [6, 6.07) is 0. The average Bonchev–Trinajstić information content (AvgIpc) is 2.24. The summed E-state index contributed by atoms with van der Waals surface area (Å²) >= 11 is 0. The molecule has 0 aromatic carbocycles. The number of ether oxygens (including phenoxy) is 2. The predicted molar refractivity (Wildman–Crippen MR) is 61.2 cm³/mol. The minimum Gasteiger partial charge on any atom is -0.389 e. The second kappa shape index (κ2) is 9.57. The maximum Gasteiger partial charge on any atom is 0.222 e. The Kier molecular flexibility index (Phi) is 9.18. The molecule has 0 aromatic rings. The van der Waals surface area contributed by atoms with Gasteiger partial charge in [-0.25, -0.2) is 0 Å². The first-order valence-corrected chi connectivity index (χ1v) is 5.60. The van der Waals surface area contributed by atoms with Crippen LogP contribution in [0.15, 0.2) is 0 Å². The number of rotatable bonds is 9. The second-order valence-electron chi connectivity index (χ2n) is 3.68. The van der Waals surface area contributed by atoms with Gasteiger partial charge in [0.15, 0.2) is 0 Å². The maximum absolute atomic E-state index is 11.6. The number of hydrogen-bond donors (Lipinski definition) is 1. The zero-order valence-corrected chi connectivity index (χ0v) is 10.4. The number of carbonyl (C=O) groups excluding carboxylic acids is 1. The highest BCUT2D eigenvalue weighted by molar-refractivity contribution is 5.75. The zero-order chi connectivity index (χ0) is 12.4. The van der Waals surface area contributed by atoms with Crippen molar-refractivity contribution < 1.29 is 19.4 Å². The van der Waals surface area contributed by atoms with Crippen LogP contribution in [-0.4, -0.2) is 62.5 Å². The molecular formula is C11H23NO4. The molecule has 0 aliphatic carbocycles. The van der Waals surface area contributed by atoms with Gasteiger partial charge in [-0.2, -0.15) is 0 Å². The number of amides is 1. The standard InChI is InChI=1S/C11H23NO4/c1-4-16-7-5-6-11(14)12(2)8-10(13)9-15-3/h10,13H,4-9H2,1-3H3. The van der Waals surface area contributed by atoms with E-state index in [1.165, 1.54) is 12.0 Å². The van der Waals surface area contributed by atoms with Gasteiger partial charge in [0.05, 0.1) is 12.7 Å². The predicted octanol–water partition coefficient (Wildman–Crippen LogP) is 0.269. The lowest BCUT2D eigenvalue weighted by Crippen LogP contribution is -2.36. The molecule has 16 heavy (non-hydrogen) atoms. The number of hydrogen-bond acceptors (Lipinski definition) is 4. The van der Waals surface area contributed by atoms with Crippen molar-refractivity contribution in [3.05, 3.63) is 0 Å². The Balaban J connectivity index is 3.64. The molecule has 5 nitrogen and oxygen atoms in total. The van der Waals surface area contributed by atoms with Gasteiger partial charge in [-0.1, -0.05) is 0 Å². The van der Waals surface area contributed by atoms with Crippen LogP contribution in [0, 0.1) is 0 Å². The van der Waals surface area contributed by atoms with Gasteiger partial charge in [0, 0.05) is 40.3 Å². The number of aliphatic hydroxyl groups excluding tert-OH is 1. The van der Waals surface area contributed by atoms with Crippen LogP contribution in [0.1, 0.15) is 19.8 Å². The topological polar surface area (TPSA) is 59.0 Å². The van der Waals surface area contributed by atoms with E-state index in [9.17, 15) is 9.90 Å². The van der Waals surface area contributed by atoms with Crippen LogP contribution in [0.5, 0.6) is 0 Å². The highest BCUT2D eigenvalue weighted by Crippen LogP contribution is 1.98. The van der Waals surface area contributed by atoms with Gasteiger partial charge in [0.1, 0.15) is 0 Å². The lowest BCUT2D eigenvalue weighted by molar-refractivity contribution is -0.131. The second-order valence-corrected chi connectivity index (χ2v) is 3.68. The summed E-state index contributed by atoms with van der Waals surface area (Å²) in [5.74, 6) is 0.0230. The van der Waals surface area contributed by atoms with Crippen molar-refractivity contribution in [1.82, 2.24) is 4.90 Å². The average molecular weight is 233 g/mol. The first-order valence-electron chi connectivity index (χ1n) is 5.60. The van der Waals surface area contributed by atoms with Crippen LogP contribution in [0.3, 0.4) is 0 Å². The Morgan fingerprint density at radius 2 is 2.19 bits per heavy atom. The smallest absolute Gasteiger partial charge is 0.222 e. The third-order valence-electron chi connectivity index (χ3n) is 2.15. The fourth-order valence-electron chi connectivity index (χ4n) is 1.32. The van der Waals surface area contributed by atoms with E-state index < -0.39 is 6.10 Å². The highest BCUT2D eigenvalue weighted by atomic mass is 16.5. The minimum absolute atomic E-state index is 0.0230. The van der Waals surface area contributed by atoms with E-state index in [-0.39, 0.29) is 12.5 Å². The Morgan fingerprint density at radius 3 is 2.75 bits per heavy atom. The first-order chi connectivity index (χ1) is 7.61. The lowest BCUT2D eigenvalue weighted by Gasteiger charge is -2.20. The third kappa shape index (κ3) is 7.62. The molecule has 0 saturated carbocycles. The van der Waals surface area contributed by atoms with Gasteiger partial charge in [-0.3, -0.25) is 4.79 Å². The molecule has 0 saturated heterocycles. The fourth-order valence-corrected chi connectivity index (χ4v) is 1.32. The summed E-state index contributed by atoms with van der Waals surface area (Å²) in [6.45, 7) is 3.76. The molecule has 0 spiro atoms. The van der Waals surface area contributed by atoms with E-state index in [4.69, 9.17) is 9.47 Å². The highest BCUT2D eigenvalue weighted by Gasteiger charge is 2.12. The molecule has 0 rings (SSSR count). The summed E-state index contributed by atoms with van der Waals surface area (Å²) in [6.07, 6.45) is 0.555. The van der Waals surface area contributed by atoms with E-state index in [0.29, 0.717) is 26.2 Å². The number of likely N-dealkylation sites (N-methyl/N-ethyl adjacent to an activating group) is 1. The van der Waals surface area contributed by atoms with Crippen molar-refractivity contribution in [1.29, 1.82) is 0 Å². The summed E-state index contributed by atoms with van der Waals surface area (Å²) in [5.41, 5.74) is 0. The molecule has 96 valence electrons. The van der Waals surface area contributed by atoms with Crippen molar-refractivity contribution in [2.24, 2.45) is 0 Å². The first kappa shape index (κ1) is 15.3. The Morgan fingerprint density at radius 1 is 1.50 bits per heavy atom. The molecule has 1 amide bonds. The Bertz CT molecular complexity index is 187. The van der Waals surface area contributed by atoms with Crippen LogP contribution < -0.4 is 0 Å². The van der Waals surface area contributed by atoms with Crippen molar-refractivity contribution in [3.63, 3.8) is 0 Å². The SMILES string of the molecule is CCOCCCC(=O)N(C)CC(O)COC. The minimum atomic E-state index is -0.620. The monoisotopic (exact) mass is 233 g/mol. The van der Waals surface area contributed by atoms with Gasteiger partial charge in [0.2, 0.25) is 5.91 Å². The van der Waals surface area contributed by atoms with Crippen LogP contribution >= 0.6 is 0 Å².